The van der Waals surface area contributed by atoms with E-state index in [9.17, 15) is 4.79 Å². The number of allylic oxidation sites excluding steroid dienone is 1. The molecule has 3 heteroatoms. The molecule has 3 nitrogen and oxygen atoms in total. The van der Waals surface area contributed by atoms with Crippen LogP contribution in [0.25, 0.3) is 0 Å². The Hall–Kier alpha value is -1.64. The van der Waals surface area contributed by atoms with Crippen molar-refractivity contribution in [1.29, 1.82) is 0 Å². The highest BCUT2D eigenvalue weighted by molar-refractivity contribution is 5.99. The number of anilines is 1. The van der Waals surface area contributed by atoms with Gasteiger partial charge >= 0.3 is 0 Å². The van der Waals surface area contributed by atoms with Crippen LogP contribution in [-0.2, 0) is 4.79 Å². The zero-order chi connectivity index (χ0) is 10.4. The highest BCUT2D eigenvalue weighted by Crippen LogP contribution is 2.02. The number of amides is 1. The molecule has 14 heavy (non-hydrogen) atoms. The molecule has 0 saturated heterocycles. The topological polar surface area (TPSA) is 42.0 Å². The Morgan fingerprint density at radius 1 is 1.57 bits per heavy atom. The summed E-state index contributed by atoms with van der Waals surface area (Å²) in [5, 5.41) is 2.71. The van der Waals surface area contributed by atoms with Crippen molar-refractivity contribution in [3.05, 3.63) is 36.7 Å². The summed E-state index contributed by atoms with van der Waals surface area (Å²) in [6.45, 7) is 4.04. The molecule has 0 aliphatic carbocycles. The largest absolute Gasteiger partial charge is 0.321 e. The van der Waals surface area contributed by atoms with E-state index in [-0.39, 0.29) is 5.91 Å². The highest BCUT2D eigenvalue weighted by Gasteiger charge is 1.96. The molecular formula is C11H14N2O. The highest BCUT2D eigenvalue weighted by atomic mass is 16.1. The van der Waals surface area contributed by atoms with Crippen molar-refractivity contribution in [2.45, 2.75) is 13.8 Å². The van der Waals surface area contributed by atoms with Gasteiger partial charge in [-0.2, -0.15) is 0 Å². The summed E-state index contributed by atoms with van der Waals surface area (Å²) in [5.41, 5.74) is 0.714. The molecule has 0 atom stereocenters. The molecule has 0 bridgehead atoms. The lowest BCUT2D eigenvalue weighted by Gasteiger charge is -2.00. The predicted molar refractivity (Wildman–Crippen MR) is 56.8 cm³/mol. The third-order valence-corrected chi connectivity index (χ3v) is 1.56. The van der Waals surface area contributed by atoms with Gasteiger partial charge in [0.25, 0.3) is 0 Å². The van der Waals surface area contributed by atoms with Crippen LogP contribution in [0.1, 0.15) is 13.8 Å². The van der Waals surface area contributed by atoms with Crippen LogP contribution >= 0.6 is 0 Å². The quantitative estimate of drug-likeness (QED) is 0.742. The lowest BCUT2D eigenvalue weighted by molar-refractivity contribution is -0.111. The standard InChI is InChI=1S/C11H14N2O/c1-9(2)5-6-11(14)13-10-4-3-7-12-8-10/h3-9H,1-2H3,(H,13,14)/b6-5+. The van der Waals surface area contributed by atoms with E-state index >= 15 is 0 Å². The molecule has 1 heterocycles. The second-order valence-corrected chi connectivity index (χ2v) is 3.33. The van der Waals surface area contributed by atoms with Gasteiger partial charge in [-0.15, -0.1) is 0 Å². The van der Waals surface area contributed by atoms with Crippen LogP contribution in [-0.4, -0.2) is 10.9 Å². The SMILES string of the molecule is CC(C)/C=C/C(=O)Nc1cccnc1. The summed E-state index contributed by atoms with van der Waals surface area (Å²) < 4.78 is 0. The minimum atomic E-state index is -0.119. The average molecular weight is 190 g/mol. The Labute approximate surface area is 83.9 Å². The van der Waals surface area contributed by atoms with Crippen molar-refractivity contribution >= 4 is 11.6 Å². The van der Waals surface area contributed by atoms with E-state index in [1.165, 1.54) is 6.08 Å². The van der Waals surface area contributed by atoms with Gasteiger partial charge in [-0.25, -0.2) is 0 Å². The van der Waals surface area contributed by atoms with Crippen molar-refractivity contribution in [3.8, 4) is 0 Å². The Balaban J connectivity index is 2.50. The maximum absolute atomic E-state index is 11.3. The van der Waals surface area contributed by atoms with Crippen molar-refractivity contribution in [2.24, 2.45) is 5.92 Å². The number of hydrogen-bond donors (Lipinski definition) is 1. The predicted octanol–water partition coefficient (Wildman–Crippen LogP) is 2.23. The lowest BCUT2D eigenvalue weighted by atomic mass is 10.2. The maximum Gasteiger partial charge on any atom is 0.248 e. The van der Waals surface area contributed by atoms with Gasteiger partial charge in [0.2, 0.25) is 5.91 Å². The van der Waals surface area contributed by atoms with Crippen LogP contribution in [0.15, 0.2) is 36.7 Å². The van der Waals surface area contributed by atoms with Crippen LogP contribution in [0.2, 0.25) is 0 Å². The summed E-state index contributed by atoms with van der Waals surface area (Å²) in [7, 11) is 0. The second kappa shape index (κ2) is 5.17. The Morgan fingerprint density at radius 2 is 2.36 bits per heavy atom. The van der Waals surface area contributed by atoms with E-state index in [4.69, 9.17) is 0 Å². The first-order valence-corrected chi connectivity index (χ1v) is 4.57. The van der Waals surface area contributed by atoms with Crippen molar-refractivity contribution < 1.29 is 4.79 Å². The molecule has 1 aromatic rings. The fraction of sp³-hybridized carbons (Fsp3) is 0.273. The van der Waals surface area contributed by atoms with Gasteiger partial charge < -0.3 is 5.32 Å². The smallest absolute Gasteiger partial charge is 0.248 e. The molecule has 0 spiro atoms. The molecule has 0 fully saturated rings. The second-order valence-electron chi connectivity index (χ2n) is 3.33. The van der Waals surface area contributed by atoms with Gasteiger partial charge in [-0.1, -0.05) is 19.9 Å². The molecule has 1 aromatic heterocycles. The summed E-state index contributed by atoms with van der Waals surface area (Å²) >= 11 is 0. The van der Waals surface area contributed by atoms with Gasteiger partial charge in [0.15, 0.2) is 0 Å². The fourth-order valence-corrected chi connectivity index (χ4v) is 0.900. The number of nitrogens with zero attached hydrogens (tertiary/aromatic N) is 1. The number of pyridine rings is 1. The van der Waals surface area contributed by atoms with Crippen molar-refractivity contribution in [3.63, 3.8) is 0 Å². The average Bonchev–Trinajstić information content (AvgIpc) is 2.16. The summed E-state index contributed by atoms with van der Waals surface area (Å²) in [6, 6.07) is 3.58. The van der Waals surface area contributed by atoms with Gasteiger partial charge in [-0.3, -0.25) is 9.78 Å². The van der Waals surface area contributed by atoms with E-state index in [0.29, 0.717) is 11.6 Å². The number of carbonyl (C=O) groups is 1. The van der Waals surface area contributed by atoms with Crippen LogP contribution in [0.4, 0.5) is 5.69 Å². The van der Waals surface area contributed by atoms with Crippen LogP contribution in [0.5, 0.6) is 0 Å². The molecule has 0 unspecified atom stereocenters. The molecule has 0 aliphatic heterocycles. The van der Waals surface area contributed by atoms with Crippen LogP contribution in [0.3, 0.4) is 0 Å². The minimum Gasteiger partial charge on any atom is -0.321 e. The Morgan fingerprint density at radius 3 is 2.93 bits per heavy atom. The van der Waals surface area contributed by atoms with Crippen molar-refractivity contribution in [1.82, 2.24) is 4.98 Å². The first-order chi connectivity index (χ1) is 6.68. The number of carbonyl (C=O) groups excluding carboxylic acids is 1. The van der Waals surface area contributed by atoms with E-state index in [1.807, 2.05) is 19.9 Å². The van der Waals surface area contributed by atoms with E-state index < -0.39 is 0 Å². The number of rotatable bonds is 3. The normalized spacial score (nSPS) is 10.8. The molecule has 0 saturated carbocycles. The zero-order valence-electron chi connectivity index (χ0n) is 8.40. The number of aromatic nitrogens is 1. The van der Waals surface area contributed by atoms with E-state index in [2.05, 4.69) is 10.3 Å². The van der Waals surface area contributed by atoms with Gasteiger partial charge in [0.1, 0.15) is 0 Å². The number of nitrogens with one attached hydrogen (secondary N) is 1. The molecule has 1 rings (SSSR count). The molecule has 74 valence electrons. The van der Waals surface area contributed by atoms with Gasteiger partial charge in [0, 0.05) is 6.20 Å². The van der Waals surface area contributed by atoms with Crippen molar-refractivity contribution in [2.75, 3.05) is 5.32 Å². The van der Waals surface area contributed by atoms with Gasteiger partial charge in [-0.05, 0) is 24.1 Å². The fourth-order valence-electron chi connectivity index (χ4n) is 0.900. The third-order valence-electron chi connectivity index (χ3n) is 1.56. The van der Waals surface area contributed by atoms with Gasteiger partial charge in [0.05, 0.1) is 11.9 Å². The molecular weight excluding hydrogens is 176 g/mol. The lowest BCUT2D eigenvalue weighted by Crippen LogP contribution is -2.08. The third kappa shape index (κ3) is 3.85. The molecule has 0 aliphatic rings. The van der Waals surface area contributed by atoms with E-state index in [0.717, 1.165) is 0 Å². The molecule has 1 N–H and O–H groups in total. The van der Waals surface area contributed by atoms with Crippen LogP contribution in [0, 0.1) is 5.92 Å². The van der Waals surface area contributed by atoms with Crippen LogP contribution < -0.4 is 5.32 Å². The first-order valence-electron chi connectivity index (χ1n) is 4.57. The van der Waals surface area contributed by atoms with E-state index in [1.54, 1.807) is 24.5 Å². The summed E-state index contributed by atoms with van der Waals surface area (Å²) in [6.07, 6.45) is 6.67. The maximum atomic E-state index is 11.3. The Bertz CT molecular complexity index is 317. The summed E-state index contributed by atoms with van der Waals surface area (Å²) in [4.78, 5) is 15.2. The minimum absolute atomic E-state index is 0.119. The Kier molecular flexibility index (Phi) is 3.85. The molecule has 1 amide bonds. The summed E-state index contributed by atoms with van der Waals surface area (Å²) in [5.74, 6) is 0.265. The molecule has 0 radical (unpaired) electrons. The zero-order valence-corrected chi connectivity index (χ0v) is 8.40. The monoisotopic (exact) mass is 190 g/mol. The number of hydrogen-bond acceptors (Lipinski definition) is 2. The first kappa shape index (κ1) is 10.4. The molecule has 0 aromatic carbocycles.